The molecule has 0 saturated heterocycles. The molecule has 2 aromatic carbocycles. The molecule has 0 bridgehead atoms. The summed E-state index contributed by atoms with van der Waals surface area (Å²) in [7, 11) is 0. The minimum atomic E-state index is -1.00. The molecule has 2 unspecified atom stereocenters. The number of aryl methyl sites for hydroxylation is 1. The van der Waals surface area contributed by atoms with Crippen LogP contribution in [0.2, 0.25) is 0 Å². The molecule has 1 aliphatic carbocycles. The van der Waals surface area contributed by atoms with Gasteiger partial charge in [-0.25, -0.2) is 4.79 Å². The topological polar surface area (TPSA) is 78.4 Å². The van der Waals surface area contributed by atoms with Crippen molar-refractivity contribution in [2.75, 3.05) is 12.0 Å². The number of thioether (sulfide) groups is 1. The van der Waals surface area contributed by atoms with Gasteiger partial charge in [-0.3, -0.25) is 4.79 Å². The number of nitrogens with one attached hydrogen (secondary N) is 2. The molecule has 5 nitrogen and oxygen atoms in total. The van der Waals surface area contributed by atoms with Crippen molar-refractivity contribution in [3.8, 4) is 11.1 Å². The van der Waals surface area contributed by atoms with Crippen molar-refractivity contribution in [3.05, 3.63) is 59.2 Å². The largest absolute Gasteiger partial charge is 1.00 e. The van der Waals surface area contributed by atoms with E-state index in [1.165, 1.54) is 38.5 Å². The van der Waals surface area contributed by atoms with Gasteiger partial charge >= 0.3 is 24.8 Å². The summed E-state index contributed by atoms with van der Waals surface area (Å²) in [4.78, 5) is 25.0. The Morgan fingerprint density at radius 1 is 1.11 bits per heavy atom. The van der Waals surface area contributed by atoms with Crippen LogP contribution >= 0.6 is 11.8 Å². The number of benzene rings is 2. The van der Waals surface area contributed by atoms with E-state index < -0.39 is 12.0 Å². The number of aliphatic carboxylic acids is 1. The van der Waals surface area contributed by atoms with Crippen molar-refractivity contribution >= 4 is 23.6 Å². The standard InChI is InChI=1S/C30H42N2O3S.Li.H/c1-4-24(18-22-11-6-5-7-12-22)31-20-23-14-15-26(27(19-23)25-13-9-8-10-21(25)2)29(33)32-28(30(34)35)16-17-36-3;;/h8-10,13-15,19,22,24,28,31H,4-7,11-12,16-18,20H2,1-3H3,(H,32,33)(H,34,35);;/q;+1;-1. The molecule has 198 valence electrons. The maximum absolute atomic E-state index is 13.3. The van der Waals surface area contributed by atoms with Crippen LogP contribution in [-0.2, 0) is 11.3 Å². The molecule has 2 aromatic rings. The van der Waals surface area contributed by atoms with Gasteiger partial charge in [-0.2, -0.15) is 11.8 Å². The number of carbonyl (C=O) groups is 2. The molecular weight excluding hydrogens is 475 g/mol. The molecule has 0 heterocycles. The van der Waals surface area contributed by atoms with Crippen molar-refractivity contribution < 1.29 is 35.0 Å². The summed E-state index contributed by atoms with van der Waals surface area (Å²) in [6.45, 7) is 5.04. The number of amides is 1. The molecule has 3 N–H and O–H groups in total. The Balaban J connectivity index is 0.00000361. The molecule has 0 aromatic heterocycles. The summed E-state index contributed by atoms with van der Waals surface area (Å²) in [5, 5.41) is 16.1. The Labute approximate surface area is 240 Å². The second kappa shape index (κ2) is 16.3. The third-order valence-electron chi connectivity index (χ3n) is 7.41. The Morgan fingerprint density at radius 3 is 2.49 bits per heavy atom. The first-order valence-electron chi connectivity index (χ1n) is 13.4. The van der Waals surface area contributed by atoms with E-state index in [-0.39, 0.29) is 26.2 Å². The second-order valence-corrected chi connectivity index (χ2v) is 11.1. The Morgan fingerprint density at radius 2 is 1.84 bits per heavy atom. The van der Waals surface area contributed by atoms with E-state index in [0.29, 0.717) is 23.8 Å². The number of hydrogen-bond donors (Lipinski definition) is 3. The monoisotopic (exact) mass is 518 g/mol. The Bertz CT molecular complexity index is 1020. The van der Waals surface area contributed by atoms with Crippen molar-refractivity contribution in [2.45, 2.75) is 83.8 Å². The molecule has 7 heteroatoms. The number of carboxylic acid groups (broad SMARTS) is 1. The van der Waals surface area contributed by atoms with Gasteiger partial charge in [0, 0.05) is 18.2 Å². The summed E-state index contributed by atoms with van der Waals surface area (Å²) in [5.41, 5.74) is 4.56. The minimum Gasteiger partial charge on any atom is -1.00 e. The summed E-state index contributed by atoms with van der Waals surface area (Å²) in [5.74, 6) is 0.161. The van der Waals surface area contributed by atoms with Gasteiger partial charge in [-0.05, 0) is 78.5 Å². The summed E-state index contributed by atoms with van der Waals surface area (Å²) in [6, 6.07) is 13.6. The van der Waals surface area contributed by atoms with E-state index >= 15 is 0 Å². The van der Waals surface area contributed by atoms with Gasteiger partial charge in [0.25, 0.3) is 5.91 Å². The predicted octanol–water partition coefficient (Wildman–Crippen LogP) is 3.55. The van der Waals surface area contributed by atoms with Gasteiger partial charge in [0.15, 0.2) is 0 Å². The normalized spacial score (nSPS) is 15.4. The van der Waals surface area contributed by atoms with Crippen LogP contribution in [0.3, 0.4) is 0 Å². The molecule has 1 fully saturated rings. The molecule has 1 amide bonds. The first kappa shape index (κ1) is 31.5. The van der Waals surface area contributed by atoms with Gasteiger partial charge in [-0.1, -0.05) is 69.4 Å². The van der Waals surface area contributed by atoms with Crippen LogP contribution in [0.15, 0.2) is 42.5 Å². The minimum absolute atomic E-state index is 0. The number of hydrogen-bond acceptors (Lipinski definition) is 4. The van der Waals surface area contributed by atoms with E-state index in [1.54, 1.807) is 11.8 Å². The average Bonchev–Trinajstić information content (AvgIpc) is 2.89. The maximum Gasteiger partial charge on any atom is 1.00 e. The van der Waals surface area contributed by atoms with Crippen molar-refractivity contribution in [3.63, 3.8) is 0 Å². The van der Waals surface area contributed by atoms with Crippen LogP contribution in [-0.4, -0.2) is 41.1 Å². The van der Waals surface area contributed by atoms with Crippen LogP contribution in [0.1, 0.15) is 81.2 Å². The van der Waals surface area contributed by atoms with Crippen molar-refractivity contribution in [1.29, 1.82) is 0 Å². The first-order chi connectivity index (χ1) is 17.4. The fourth-order valence-corrected chi connectivity index (χ4v) is 5.68. The molecule has 0 radical (unpaired) electrons. The zero-order valence-corrected chi connectivity index (χ0v) is 23.8. The fourth-order valence-electron chi connectivity index (χ4n) is 5.21. The van der Waals surface area contributed by atoms with Gasteiger partial charge in [0.2, 0.25) is 0 Å². The third kappa shape index (κ3) is 9.52. The molecule has 0 aliphatic heterocycles. The Kier molecular flexibility index (Phi) is 13.9. The van der Waals surface area contributed by atoms with Crippen LogP contribution in [0.4, 0.5) is 0 Å². The van der Waals surface area contributed by atoms with Crippen LogP contribution in [0.25, 0.3) is 11.1 Å². The van der Waals surface area contributed by atoms with Gasteiger partial charge < -0.3 is 17.2 Å². The van der Waals surface area contributed by atoms with E-state index in [0.717, 1.165) is 41.1 Å². The smallest absolute Gasteiger partial charge is 1.00 e. The zero-order valence-electron chi connectivity index (χ0n) is 24.0. The quantitative estimate of drug-likeness (QED) is 0.354. The SMILES string of the molecule is CCC(CC1CCCCC1)NCc1ccc(C(=O)NC(CCSC)C(=O)O)c(-c2ccccc2C)c1.[H-].[Li+]. The average molecular weight is 519 g/mol. The van der Waals surface area contributed by atoms with Crippen molar-refractivity contribution in [1.82, 2.24) is 10.6 Å². The third-order valence-corrected chi connectivity index (χ3v) is 8.05. The van der Waals surface area contributed by atoms with Gasteiger partial charge in [0.05, 0.1) is 0 Å². The van der Waals surface area contributed by atoms with Gasteiger partial charge in [0.1, 0.15) is 6.04 Å². The van der Waals surface area contributed by atoms with E-state index in [1.807, 2.05) is 49.6 Å². The molecule has 0 spiro atoms. The molecule has 2 atom stereocenters. The van der Waals surface area contributed by atoms with Crippen LogP contribution < -0.4 is 29.5 Å². The molecule has 37 heavy (non-hydrogen) atoms. The van der Waals surface area contributed by atoms with E-state index in [4.69, 9.17) is 0 Å². The molecule has 3 rings (SSSR count). The summed E-state index contributed by atoms with van der Waals surface area (Å²) in [6.07, 6.45) is 11.5. The van der Waals surface area contributed by atoms with Crippen LogP contribution in [0.5, 0.6) is 0 Å². The predicted molar refractivity (Wildman–Crippen MR) is 152 cm³/mol. The Hall–Kier alpha value is -1.71. The maximum atomic E-state index is 13.3. The molecule has 1 saturated carbocycles. The van der Waals surface area contributed by atoms with Crippen LogP contribution in [0, 0.1) is 12.8 Å². The first-order valence-corrected chi connectivity index (χ1v) is 14.8. The molecular formula is C30H43LiN2O3S. The van der Waals surface area contributed by atoms with E-state index in [2.05, 4.69) is 23.6 Å². The second-order valence-electron chi connectivity index (χ2n) is 10.1. The molecule has 1 aliphatic rings. The number of carbonyl (C=O) groups excluding carboxylic acids is 1. The number of rotatable bonds is 13. The summed E-state index contributed by atoms with van der Waals surface area (Å²) >= 11 is 1.57. The van der Waals surface area contributed by atoms with Crippen molar-refractivity contribution in [2.24, 2.45) is 5.92 Å². The number of carboxylic acids is 1. The fraction of sp³-hybridized carbons (Fsp3) is 0.533. The van der Waals surface area contributed by atoms with E-state index in [9.17, 15) is 14.7 Å². The zero-order chi connectivity index (χ0) is 25.9. The summed E-state index contributed by atoms with van der Waals surface area (Å²) < 4.78 is 0. The van der Waals surface area contributed by atoms with Gasteiger partial charge in [-0.15, -0.1) is 0 Å².